The van der Waals surface area contributed by atoms with Crippen LogP contribution in [0, 0.1) is 12.8 Å². The van der Waals surface area contributed by atoms with Gasteiger partial charge in [0.2, 0.25) is 11.8 Å². The van der Waals surface area contributed by atoms with Crippen molar-refractivity contribution in [2.75, 3.05) is 19.8 Å². The molecule has 292 valence electrons. The molecule has 1 saturated heterocycles. The Labute approximate surface area is 315 Å². The highest BCUT2D eigenvalue weighted by molar-refractivity contribution is 7.48. The monoisotopic (exact) mass is 776 g/mol. The van der Waals surface area contributed by atoms with E-state index in [2.05, 4.69) is 15.5 Å². The van der Waals surface area contributed by atoms with Crippen LogP contribution in [0.5, 0.6) is 5.88 Å². The van der Waals surface area contributed by atoms with Gasteiger partial charge in [-0.15, -0.1) is 11.3 Å². The molecule has 4 rings (SSSR count). The summed E-state index contributed by atoms with van der Waals surface area (Å²) in [5.74, 6) is -2.04. The zero-order chi connectivity index (χ0) is 39.3. The van der Waals surface area contributed by atoms with Crippen LogP contribution in [0.1, 0.15) is 105 Å². The van der Waals surface area contributed by atoms with Crippen LogP contribution in [0.4, 0.5) is 0 Å². The van der Waals surface area contributed by atoms with Gasteiger partial charge in [-0.3, -0.25) is 28.0 Å². The Morgan fingerprint density at radius 3 is 2.23 bits per heavy atom. The molecule has 1 aliphatic rings. The number of thiazole rings is 1. The standard InChI is InChI=1S/C37H53N4O10PS/c1-22(2)32(30-19-31(40-48-30)47-17-16-46-25(5)42)35(44)41-20-28(49-52(45,50-36(6,7)8)51-37(9,10)11)18-29(41)34(43)39-23(3)26-12-14-27(15-13-26)33-24(4)38-21-53-33/h12-15,19,21-23,28-29,32H,16-18,20H2,1-11H3,(H,39,43)/t23-,28+,29-,32+/m0/s1. The Balaban J connectivity index is 1.60. The molecule has 0 saturated carbocycles. The molecule has 0 spiro atoms. The third-order valence-corrected chi connectivity index (χ3v) is 11.1. The van der Waals surface area contributed by atoms with Crippen LogP contribution >= 0.6 is 19.2 Å². The van der Waals surface area contributed by atoms with E-state index in [-0.39, 0.29) is 43.7 Å². The lowest BCUT2D eigenvalue weighted by molar-refractivity contribution is -0.141. The number of amides is 2. The quantitative estimate of drug-likeness (QED) is 0.0925. The number of likely N-dealkylation sites (tertiary alicyclic amines) is 1. The van der Waals surface area contributed by atoms with Crippen LogP contribution in [0.25, 0.3) is 10.4 Å². The van der Waals surface area contributed by atoms with Crippen molar-refractivity contribution < 1.29 is 46.5 Å². The summed E-state index contributed by atoms with van der Waals surface area (Å²) in [6, 6.07) is 8.02. The first-order valence-corrected chi connectivity index (χ1v) is 20.0. The average molecular weight is 777 g/mol. The highest BCUT2D eigenvalue weighted by atomic mass is 32.1. The van der Waals surface area contributed by atoms with Gasteiger partial charge in [-0.2, -0.15) is 0 Å². The van der Waals surface area contributed by atoms with Crippen molar-refractivity contribution in [1.29, 1.82) is 0 Å². The predicted octanol–water partition coefficient (Wildman–Crippen LogP) is 7.39. The van der Waals surface area contributed by atoms with Gasteiger partial charge in [0.15, 0.2) is 5.76 Å². The van der Waals surface area contributed by atoms with Crippen molar-refractivity contribution in [2.45, 2.75) is 118 Å². The number of phosphoric acid groups is 1. The second-order valence-corrected chi connectivity index (χ2v) is 17.7. The van der Waals surface area contributed by atoms with Crippen molar-refractivity contribution in [3.05, 3.63) is 52.9 Å². The van der Waals surface area contributed by atoms with Crippen LogP contribution in [0.3, 0.4) is 0 Å². The van der Waals surface area contributed by atoms with E-state index >= 15 is 0 Å². The molecule has 3 aromatic rings. The fourth-order valence-electron chi connectivity index (χ4n) is 5.91. The largest absolute Gasteiger partial charge is 0.476 e. The first-order valence-electron chi connectivity index (χ1n) is 17.7. The smallest absolute Gasteiger partial charge is 0.472 e. The van der Waals surface area contributed by atoms with Crippen molar-refractivity contribution in [1.82, 2.24) is 20.4 Å². The van der Waals surface area contributed by atoms with Crippen LogP contribution in [-0.2, 0) is 37.3 Å². The molecule has 1 aromatic carbocycles. The van der Waals surface area contributed by atoms with E-state index < -0.39 is 60.9 Å². The van der Waals surface area contributed by atoms with E-state index in [1.807, 2.05) is 57.5 Å². The number of rotatable bonds is 15. The average Bonchev–Trinajstić information content (AvgIpc) is 3.77. The minimum Gasteiger partial charge on any atom is -0.472 e. The second kappa shape index (κ2) is 17.2. The minimum absolute atomic E-state index is 0.0199. The molecule has 53 heavy (non-hydrogen) atoms. The van der Waals surface area contributed by atoms with Gasteiger partial charge < -0.3 is 24.2 Å². The zero-order valence-electron chi connectivity index (χ0n) is 32.5. The number of aromatic nitrogens is 2. The molecule has 0 radical (unpaired) electrons. The molecule has 1 aliphatic heterocycles. The number of hydrogen-bond donors (Lipinski definition) is 1. The van der Waals surface area contributed by atoms with Crippen molar-refractivity contribution in [3.63, 3.8) is 0 Å². The second-order valence-electron chi connectivity index (χ2n) is 15.4. The minimum atomic E-state index is -4.20. The van der Waals surface area contributed by atoms with Gasteiger partial charge in [0, 0.05) is 26.0 Å². The van der Waals surface area contributed by atoms with Gasteiger partial charge in [0.25, 0.3) is 5.88 Å². The van der Waals surface area contributed by atoms with E-state index in [9.17, 15) is 18.9 Å². The van der Waals surface area contributed by atoms with Crippen LogP contribution < -0.4 is 10.1 Å². The number of aryl methyl sites for hydroxylation is 1. The summed E-state index contributed by atoms with van der Waals surface area (Å²) in [7, 11) is -4.20. The van der Waals surface area contributed by atoms with Crippen molar-refractivity contribution in [2.24, 2.45) is 5.92 Å². The van der Waals surface area contributed by atoms with E-state index in [1.54, 1.807) is 52.9 Å². The third kappa shape index (κ3) is 11.9. The van der Waals surface area contributed by atoms with Gasteiger partial charge in [0.05, 0.1) is 39.4 Å². The van der Waals surface area contributed by atoms with E-state index in [4.69, 9.17) is 27.6 Å². The first-order chi connectivity index (χ1) is 24.6. The number of ether oxygens (including phenoxy) is 2. The number of phosphoric ester groups is 1. The lowest BCUT2D eigenvalue weighted by Crippen LogP contribution is -2.48. The number of carbonyl (C=O) groups is 3. The Morgan fingerprint density at radius 1 is 1.04 bits per heavy atom. The molecule has 0 aliphatic carbocycles. The number of nitrogens with one attached hydrogen (secondary N) is 1. The molecule has 14 nitrogen and oxygen atoms in total. The topological polar surface area (TPSA) is 169 Å². The summed E-state index contributed by atoms with van der Waals surface area (Å²) < 4.78 is 48.0. The van der Waals surface area contributed by atoms with Crippen molar-refractivity contribution in [3.8, 4) is 16.3 Å². The molecular weight excluding hydrogens is 723 g/mol. The summed E-state index contributed by atoms with van der Waals surface area (Å²) >= 11 is 1.56. The van der Waals surface area contributed by atoms with E-state index in [1.165, 1.54) is 17.9 Å². The molecular formula is C37H53N4O10PS. The molecule has 0 bridgehead atoms. The highest BCUT2D eigenvalue weighted by Crippen LogP contribution is 2.57. The molecule has 16 heteroatoms. The molecule has 2 amide bonds. The van der Waals surface area contributed by atoms with Crippen LogP contribution in [0.2, 0.25) is 0 Å². The fourth-order valence-corrected chi connectivity index (χ4v) is 8.70. The fraction of sp³-hybridized carbons (Fsp3) is 0.595. The van der Waals surface area contributed by atoms with Gasteiger partial charge >= 0.3 is 13.8 Å². The van der Waals surface area contributed by atoms with E-state index in [0.29, 0.717) is 0 Å². The Kier molecular flexibility index (Phi) is 13.7. The van der Waals surface area contributed by atoms with Crippen LogP contribution in [0.15, 0.2) is 40.4 Å². The summed E-state index contributed by atoms with van der Waals surface area (Å²) in [6.45, 7) is 19.3. The zero-order valence-corrected chi connectivity index (χ0v) is 34.2. The third-order valence-electron chi connectivity index (χ3n) is 8.06. The van der Waals surface area contributed by atoms with Gasteiger partial charge in [-0.1, -0.05) is 38.1 Å². The van der Waals surface area contributed by atoms with Crippen LogP contribution in [-0.4, -0.2) is 75.9 Å². The summed E-state index contributed by atoms with van der Waals surface area (Å²) in [6.07, 6.45) is -0.838. The Morgan fingerprint density at radius 2 is 1.68 bits per heavy atom. The number of nitrogens with zero attached hydrogens (tertiary/aromatic N) is 3. The molecule has 1 fully saturated rings. The number of carbonyl (C=O) groups excluding carboxylic acids is 3. The van der Waals surface area contributed by atoms with E-state index in [0.717, 1.165) is 21.7 Å². The van der Waals surface area contributed by atoms with Gasteiger partial charge in [0.1, 0.15) is 25.2 Å². The first kappa shape index (κ1) is 42.1. The molecule has 3 heterocycles. The molecule has 0 unspecified atom stereocenters. The Bertz CT molecular complexity index is 1740. The Hall–Kier alpha value is -3.62. The maximum Gasteiger partial charge on any atom is 0.476 e. The predicted molar refractivity (Wildman–Crippen MR) is 199 cm³/mol. The molecule has 2 aromatic heterocycles. The molecule has 1 N–H and O–H groups in total. The van der Waals surface area contributed by atoms with Gasteiger partial charge in [-0.05, 0) is 77.6 Å². The number of hydrogen-bond acceptors (Lipinski definition) is 13. The lowest BCUT2D eigenvalue weighted by atomic mass is 9.91. The molecule has 4 atom stereocenters. The maximum absolute atomic E-state index is 14.5. The van der Waals surface area contributed by atoms with Crippen molar-refractivity contribution >= 4 is 36.9 Å². The summed E-state index contributed by atoms with van der Waals surface area (Å²) in [4.78, 5) is 46.6. The highest BCUT2D eigenvalue weighted by Gasteiger charge is 2.48. The summed E-state index contributed by atoms with van der Waals surface area (Å²) in [5.41, 5.74) is 2.89. The summed E-state index contributed by atoms with van der Waals surface area (Å²) in [5, 5.41) is 7.02. The SMILES string of the molecule is CC(=O)OCCOc1cc([C@H](C(=O)N2C[C@H](OP(=O)(OC(C)(C)C)OC(C)(C)C)C[C@H]2C(=O)N[C@@H](C)c2ccc(-c3scnc3C)cc2)C(C)C)on1. The number of esters is 1. The normalized spacial score (nSPS) is 17.8. The number of benzene rings is 1. The van der Waals surface area contributed by atoms with Gasteiger partial charge in [-0.25, -0.2) is 9.55 Å². The lowest BCUT2D eigenvalue weighted by Gasteiger charge is -2.32. The maximum atomic E-state index is 14.5.